The van der Waals surface area contributed by atoms with E-state index in [0.29, 0.717) is 28.1 Å². The summed E-state index contributed by atoms with van der Waals surface area (Å²) in [7, 11) is 0. The highest BCUT2D eigenvalue weighted by Gasteiger charge is 2.35. The summed E-state index contributed by atoms with van der Waals surface area (Å²) in [4.78, 5) is 41.6. The third-order valence-electron chi connectivity index (χ3n) is 3.71. The molecule has 0 spiro atoms. The number of unbranched alkanes of at least 4 members (excludes halogenated alkanes) is 1. The van der Waals surface area contributed by atoms with Crippen LogP contribution in [0.4, 0.5) is 4.79 Å². The Morgan fingerprint density at radius 2 is 1.70 bits per heavy atom. The average molecular weight is 312 g/mol. The molecule has 2 aromatic rings. The Labute approximate surface area is 133 Å². The first-order valence-corrected chi connectivity index (χ1v) is 7.49. The third-order valence-corrected chi connectivity index (χ3v) is 3.71. The summed E-state index contributed by atoms with van der Waals surface area (Å²) in [6.07, 6.45) is 0.891. The van der Waals surface area contributed by atoms with Crippen molar-refractivity contribution >= 4 is 28.7 Å². The van der Waals surface area contributed by atoms with E-state index in [2.05, 4.69) is 5.32 Å². The van der Waals surface area contributed by atoms with E-state index in [1.165, 1.54) is 0 Å². The number of carbonyl (C=O) groups is 3. The standard InChI is InChI=1S/C17H16N2O4/c1-2-3-10-18-17(22)23-19-15(20)12-8-4-6-11-7-5-9-13(14(11)12)16(19)21/h4-9H,2-3,10H2,1H3,(H,18,22). The van der Waals surface area contributed by atoms with Gasteiger partial charge in [-0.05, 0) is 23.9 Å². The lowest BCUT2D eigenvalue weighted by Crippen LogP contribution is -2.44. The van der Waals surface area contributed by atoms with E-state index in [4.69, 9.17) is 4.84 Å². The monoisotopic (exact) mass is 312 g/mol. The Hall–Kier alpha value is -2.89. The summed E-state index contributed by atoms with van der Waals surface area (Å²) >= 11 is 0. The van der Waals surface area contributed by atoms with Gasteiger partial charge in [-0.1, -0.05) is 42.7 Å². The van der Waals surface area contributed by atoms with Crippen molar-refractivity contribution in [3.8, 4) is 0 Å². The van der Waals surface area contributed by atoms with Crippen LogP contribution in [-0.2, 0) is 4.84 Å². The minimum absolute atomic E-state index is 0.346. The maximum atomic E-state index is 12.5. The van der Waals surface area contributed by atoms with E-state index in [1.54, 1.807) is 24.3 Å². The van der Waals surface area contributed by atoms with Crippen LogP contribution < -0.4 is 5.32 Å². The average Bonchev–Trinajstić information content (AvgIpc) is 2.56. The molecule has 1 aliphatic heterocycles. The normalized spacial score (nSPS) is 13.3. The molecule has 1 heterocycles. The number of hydrogen-bond acceptors (Lipinski definition) is 4. The zero-order valence-electron chi connectivity index (χ0n) is 12.7. The van der Waals surface area contributed by atoms with Gasteiger partial charge in [-0.15, -0.1) is 0 Å². The van der Waals surface area contributed by atoms with Crippen molar-refractivity contribution in [1.29, 1.82) is 0 Å². The van der Waals surface area contributed by atoms with Crippen LogP contribution in [0.25, 0.3) is 10.8 Å². The Morgan fingerprint density at radius 1 is 1.09 bits per heavy atom. The lowest BCUT2D eigenvalue weighted by Gasteiger charge is -2.25. The fourth-order valence-corrected chi connectivity index (χ4v) is 2.57. The number of benzene rings is 2. The van der Waals surface area contributed by atoms with Crippen LogP contribution in [0.2, 0.25) is 0 Å². The number of nitrogens with one attached hydrogen (secondary N) is 1. The van der Waals surface area contributed by atoms with Crippen LogP contribution in [-0.4, -0.2) is 29.5 Å². The van der Waals surface area contributed by atoms with Gasteiger partial charge in [0.2, 0.25) is 0 Å². The fourth-order valence-electron chi connectivity index (χ4n) is 2.57. The van der Waals surface area contributed by atoms with Gasteiger partial charge in [-0.25, -0.2) is 4.79 Å². The van der Waals surface area contributed by atoms with Crippen molar-refractivity contribution < 1.29 is 19.2 Å². The molecule has 0 atom stereocenters. The van der Waals surface area contributed by atoms with Gasteiger partial charge < -0.3 is 10.2 Å². The number of imide groups is 1. The molecule has 0 saturated heterocycles. The van der Waals surface area contributed by atoms with Crippen molar-refractivity contribution in [1.82, 2.24) is 10.4 Å². The second-order valence-electron chi connectivity index (χ2n) is 5.27. The SMILES string of the molecule is CCCCNC(=O)ON1C(=O)c2cccc3cccc(c23)C1=O. The molecule has 0 aliphatic carbocycles. The summed E-state index contributed by atoms with van der Waals surface area (Å²) in [6, 6.07) is 10.4. The largest absolute Gasteiger partial charge is 0.432 e. The van der Waals surface area contributed by atoms with Crippen LogP contribution in [0.3, 0.4) is 0 Å². The van der Waals surface area contributed by atoms with Gasteiger partial charge in [-0.3, -0.25) is 9.59 Å². The molecule has 118 valence electrons. The van der Waals surface area contributed by atoms with E-state index in [0.717, 1.165) is 18.2 Å². The van der Waals surface area contributed by atoms with Crippen molar-refractivity contribution in [2.45, 2.75) is 19.8 Å². The van der Waals surface area contributed by atoms with Gasteiger partial charge >= 0.3 is 6.09 Å². The number of hydrogen-bond donors (Lipinski definition) is 1. The highest BCUT2D eigenvalue weighted by atomic mass is 16.7. The molecule has 6 nitrogen and oxygen atoms in total. The summed E-state index contributed by atoms with van der Waals surface area (Å²) < 4.78 is 0. The van der Waals surface area contributed by atoms with Gasteiger partial charge in [0, 0.05) is 11.9 Å². The highest BCUT2D eigenvalue weighted by Crippen LogP contribution is 2.29. The summed E-state index contributed by atoms with van der Waals surface area (Å²) in [5.74, 6) is -1.27. The van der Waals surface area contributed by atoms with Gasteiger partial charge in [0.15, 0.2) is 0 Å². The summed E-state index contributed by atoms with van der Waals surface area (Å²) in [6.45, 7) is 2.42. The van der Waals surface area contributed by atoms with Crippen molar-refractivity contribution in [3.63, 3.8) is 0 Å². The number of rotatable bonds is 4. The lowest BCUT2D eigenvalue weighted by molar-refractivity contribution is -0.0492. The van der Waals surface area contributed by atoms with E-state index >= 15 is 0 Å². The molecular formula is C17H16N2O4. The molecule has 0 bridgehead atoms. The van der Waals surface area contributed by atoms with Crippen LogP contribution in [0.1, 0.15) is 40.5 Å². The first kappa shape index (κ1) is 15.0. The van der Waals surface area contributed by atoms with Crippen molar-refractivity contribution in [2.75, 3.05) is 6.54 Å². The topological polar surface area (TPSA) is 75.7 Å². The smallest absolute Gasteiger partial charge is 0.320 e. The van der Waals surface area contributed by atoms with Crippen LogP contribution in [0.15, 0.2) is 36.4 Å². The maximum absolute atomic E-state index is 12.5. The van der Waals surface area contributed by atoms with Gasteiger partial charge in [0.05, 0.1) is 11.1 Å². The molecule has 0 saturated carbocycles. The fraction of sp³-hybridized carbons (Fsp3) is 0.235. The number of nitrogens with zero attached hydrogens (tertiary/aromatic N) is 1. The zero-order valence-corrected chi connectivity index (χ0v) is 12.7. The molecule has 0 radical (unpaired) electrons. The summed E-state index contributed by atoms with van der Waals surface area (Å²) in [5, 5.41) is 4.43. The first-order valence-electron chi connectivity index (χ1n) is 7.49. The van der Waals surface area contributed by atoms with E-state index in [1.807, 2.05) is 19.1 Å². The molecule has 1 N–H and O–H groups in total. The summed E-state index contributed by atoms with van der Waals surface area (Å²) in [5.41, 5.74) is 0.693. The molecule has 0 fully saturated rings. The van der Waals surface area contributed by atoms with E-state index in [9.17, 15) is 14.4 Å². The number of hydroxylamine groups is 2. The highest BCUT2D eigenvalue weighted by molar-refractivity contribution is 6.25. The minimum atomic E-state index is -0.813. The molecule has 1 aliphatic rings. The van der Waals surface area contributed by atoms with Gasteiger partial charge in [0.25, 0.3) is 11.8 Å². The quantitative estimate of drug-likeness (QED) is 0.696. The van der Waals surface area contributed by atoms with Crippen LogP contribution in [0, 0.1) is 0 Å². The first-order chi connectivity index (χ1) is 11.1. The number of carbonyl (C=O) groups excluding carboxylic acids is 3. The molecule has 23 heavy (non-hydrogen) atoms. The Bertz CT molecular complexity index is 750. The maximum Gasteiger partial charge on any atom is 0.432 e. The third kappa shape index (κ3) is 2.63. The lowest BCUT2D eigenvalue weighted by atomic mass is 9.95. The molecule has 0 unspecified atom stereocenters. The minimum Gasteiger partial charge on any atom is -0.320 e. The molecule has 2 aromatic carbocycles. The van der Waals surface area contributed by atoms with E-state index in [-0.39, 0.29) is 0 Å². The molecule has 3 amide bonds. The van der Waals surface area contributed by atoms with Crippen molar-refractivity contribution in [2.24, 2.45) is 0 Å². The Balaban J connectivity index is 1.90. The number of amides is 3. The van der Waals surface area contributed by atoms with Gasteiger partial charge in [-0.2, -0.15) is 0 Å². The van der Waals surface area contributed by atoms with Crippen LogP contribution in [0.5, 0.6) is 0 Å². The second-order valence-corrected chi connectivity index (χ2v) is 5.27. The van der Waals surface area contributed by atoms with E-state index < -0.39 is 17.9 Å². The molecule has 6 heteroatoms. The Morgan fingerprint density at radius 3 is 2.26 bits per heavy atom. The predicted molar refractivity (Wildman–Crippen MR) is 83.8 cm³/mol. The van der Waals surface area contributed by atoms with Crippen LogP contribution >= 0.6 is 0 Å². The predicted octanol–water partition coefficient (Wildman–Crippen LogP) is 2.88. The molecule has 3 rings (SSSR count). The van der Waals surface area contributed by atoms with Crippen molar-refractivity contribution in [3.05, 3.63) is 47.5 Å². The molecular weight excluding hydrogens is 296 g/mol. The zero-order chi connectivity index (χ0) is 16.4. The molecule has 0 aromatic heterocycles. The van der Waals surface area contributed by atoms with Gasteiger partial charge in [0.1, 0.15) is 0 Å². The second kappa shape index (κ2) is 6.08. The Kier molecular flexibility index (Phi) is 3.97.